The molecule has 0 aliphatic carbocycles. The van der Waals surface area contributed by atoms with Crippen molar-refractivity contribution in [2.45, 2.75) is 11.8 Å². The average Bonchev–Trinajstić information content (AvgIpc) is 2.35. The van der Waals surface area contributed by atoms with E-state index in [1.165, 1.54) is 19.1 Å². The monoisotopic (exact) mass is 288 g/mol. The third-order valence-corrected chi connectivity index (χ3v) is 3.72. The van der Waals surface area contributed by atoms with Gasteiger partial charge < -0.3 is 4.74 Å². The summed E-state index contributed by atoms with van der Waals surface area (Å²) in [7, 11) is -2.88. The molecule has 0 fully saturated rings. The average molecular weight is 288 g/mol. The number of aryl methyl sites for hydroxylation is 1. The van der Waals surface area contributed by atoms with Gasteiger partial charge >= 0.3 is 5.97 Å². The molecule has 0 bridgehead atoms. The van der Waals surface area contributed by atoms with Gasteiger partial charge in [0.15, 0.2) is 0 Å². The quantitative estimate of drug-likeness (QED) is 0.475. The number of ether oxygens (including phenoxy) is 1. The Bertz CT molecular complexity index is 610. The van der Waals surface area contributed by atoms with Crippen LogP contribution in [-0.4, -0.2) is 33.0 Å². The van der Waals surface area contributed by atoms with Crippen LogP contribution in [0, 0.1) is 17.0 Å². The van der Waals surface area contributed by atoms with E-state index in [1.807, 2.05) is 4.72 Å². The van der Waals surface area contributed by atoms with Crippen LogP contribution >= 0.6 is 0 Å². The van der Waals surface area contributed by atoms with E-state index in [-0.39, 0.29) is 10.6 Å². The molecule has 0 atom stereocenters. The summed E-state index contributed by atoms with van der Waals surface area (Å²) in [5.41, 5.74) is 0.0397. The number of nitro groups is 1. The number of rotatable bonds is 5. The minimum Gasteiger partial charge on any atom is -0.468 e. The zero-order valence-electron chi connectivity index (χ0n) is 10.2. The summed E-state index contributed by atoms with van der Waals surface area (Å²) < 4.78 is 29.9. The molecule has 0 saturated carbocycles. The van der Waals surface area contributed by atoms with Crippen LogP contribution in [0.4, 0.5) is 5.69 Å². The van der Waals surface area contributed by atoms with Gasteiger partial charge in [-0.1, -0.05) is 6.07 Å². The molecule has 0 aliphatic rings. The molecule has 1 aromatic rings. The molecule has 8 nitrogen and oxygen atoms in total. The number of esters is 1. The zero-order valence-corrected chi connectivity index (χ0v) is 11.1. The summed E-state index contributed by atoms with van der Waals surface area (Å²) in [4.78, 5) is 20.6. The summed E-state index contributed by atoms with van der Waals surface area (Å²) in [6, 6.07) is 3.49. The van der Waals surface area contributed by atoms with Crippen molar-refractivity contribution in [1.82, 2.24) is 4.72 Å². The fourth-order valence-electron chi connectivity index (χ4n) is 1.26. The van der Waals surface area contributed by atoms with Gasteiger partial charge in [0, 0.05) is 11.6 Å². The third kappa shape index (κ3) is 3.73. The largest absolute Gasteiger partial charge is 0.468 e. The van der Waals surface area contributed by atoms with Crippen LogP contribution in [0.15, 0.2) is 23.1 Å². The van der Waals surface area contributed by atoms with E-state index in [1.54, 1.807) is 0 Å². The van der Waals surface area contributed by atoms with Crippen molar-refractivity contribution < 1.29 is 22.9 Å². The molecular weight excluding hydrogens is 276 g/mol. The molecular formula is C10H12N2O6S. The highest BCUT2D eigenvalue weighted by molar-refractivity contribution is 7.89. The summed E-state index contributed by atoms with van der Waals surface area (Å²) in [6.07, 6.45) is 0. The number of nitro benzene ring substituents is 1. The summed E-state index contributed by atoms with van der Waals surface area (Å²) in [5, 5.41) is 10.7. The van der Waals surface area contributed by atoms with Crippen LogP contribution in [0.1, 0.15) is 5.56 Å². The number of carbonyl (C=O) groups is 1. The van der Waals surface area contributed by atoms with E-state index in [0.717, 1.165) is 13.2 Å². The fraction of sp³-hybridized carbons (Fsp3) is 0.300. The Balaban J connectivity index is 3.05. The van der Waals surface area contributed by atoms with Crippen LogP contribution in [-0.2, 0) is 19.6 Å². The molecule has 104 valence electrons. The number of methoxy groups -OCH3 is 1. The molecule has 0 amide bonds. The maximum Gasteiger partial charge on any atom is 0.320 e. The Morgan fingerprint density at radius 3 is 2.63 bits per heavy atom. The molecule has 0 aliphatic heterocycles. The molecule has 9 heteroatoms. The standard InChI is InChI=1S/C10H12N2O6S/c1-7-3-4-8(5-9(7)12(14)15)19(16,17)11-6-10(13)18-2/h3-5,11H,6H2,1-2H3. The topological polar surface area (TPSA) is 116 Å². The van der Waals surface area contributed by atoms with Crippen LogP contribution in [0.25, 0.3) is 0 Å². The molecule has 19 heavy (non-hydrogen) atoms. The predicted octanol–water partition coefficient (Wildman–Crippen LogP) is 0.355. The van der Waals surface area contributed by atoms with E-state index in [0.29, 0.717) is 5.56 Å². The Kier molecular flexibility index (Phi) is 4.57. The number of benzene rings is 1. The van der Waals surface area contributed by atoms with Gasteiger partial charge in [-0.25, -0.2) is 8.42 Å². The highest BCUT2D eigenvalue weighted by Gasteiger charge is 2.20. The van der Waals surface area contributed by atoms with Gasteiger partial charge in [-0.05, 0) is 13.0 Å². The highest BCUT2D eigenvalue weighted by atomic mass is 32.2. The fourth-order valence-corrected chi connectivity index (χ4v) is 2.25. The maximum absolute atomic E-state index is 11.8. The molecule has 0 radical (unpaired) electrons. The first-order valence-corrected chi connectivity index (χ1v) is 6.58. The lowest BCUT2D eigenvalue weighted by molar-refractivity contribution is -0.385. The SMILES string of the molecule is COC(=O)CNS(=O)(=O)c1ccc(C)c([N+](=O)[O-])c1. The van der Waals surface area contributed by atoms with E-state index in [4.69, 9.17) is 0 Å². The molecule has 0 heterocycles. The van der Waals surface area contributed by atoms with Crippen molar-refractivity contribution in [3.05, 3.63) is 33.9 Å². The van der Waals surface area contributed by atoms with E-state index < -0.39 is 27.5 Å². The molecule has 1 N–H and O–H groups in total. The van der Waals surface area contributed by atoms with Crippen LogP contribution < -0.4 is 4.72 Å². The summed E-state index contributed by atoms with van der Waals surface area (Å²) in [5.74, 6) is -0.759. The molecule has 0 saturated heterocycles. The minimum absolute atomic E-state index is 0.284. The van der Waals surface area contributed by atoms with Gasteiger partial charge in [-0.2, -0.15) is 4.72 Å². The van der Waals surface area contributed by atoms with Crippen LogP contribution in [0.5, 0.6) is 0 Å². The minimum atomic E-state index is -3.99. The summed E-state index contributed by atoms with van der Waals surface area (Å²) >= 11 is 0. The van der Waals surface area contributed by atoms with Gasteiger partial charge in [0.05, 0.1) is 16.9 Å². The Hall–Kier alpha value is -2.00. The lowest BCUT2D eigenvalue weighted by atomic mass is 10.2. The first-order chi connectivity index (χ1) is 8.77. The normalized spacial score (nSPS) is 11.1. The Labute approximate surface area is 109 Å². The van der Waals surface area contributed by atoms with E-state index in [9.17, 15) is 23.3 Å². The molecule has 1 aromatic carbocycles. The lowest BCUT2D eigenvalue weighted by Gasteiger charge is -2.06. The Morgan fingerprint density at radius 2 is 2.11 bits per heavy atom. The molecule has 1 rings (SSSR count). The van der Waals surface area contributed by atoms with Crippen molar-refractivity contribution in [2.24, 2.45) is 0 Å². The first-order valence-electron chi connectivity index (χ1n) is 5.09. The number of nitrogens with one attached hydrogen (secondary N) is 1. The van der Waals surface area contributed by atoms with Crippen molar-refractivity contribution >= 4 is 21.7 Å². The van der Waals surface area contributed by atoms with Crippen molar-refractivity contribution in [2.75, 3.05) is 13.7 Å². The summed E-state index contributed by atoms with van der Waals surface area (Å²) in [6.45, 7) is 0.955. The van der Waals surface area contributed by atoms with Crippen LogP contribution in [0.2, 0.25) is 0 Å². The highest BCUT2D eigenvalue weighted by Crippen LogP contribution is 2.21. The van der Waals surface area contributed by atoms with Crippen molar-refractivity contribution in [3.8, 4) is 0 Å². The smallest absolute Gasteiger partial charge is 0.320 e. The van der Waals surface area contributed by atoms with E-state index in [2.05, 4.69) is 4.74 Å². The first kappa shape index (κ1) is 15.1. The number of nitrogens with zero attached hydrogens (tertiary/aromatic N) is 1. The molecule has 0 aromatic heterocycles. The molecule has 0 unspecified atom stereocenters. The number of hydrogen-bond donors (Lipinski definition) is 1. The third-order valence-electron chi connectivity index (χ3n) is 2.32. The lowest BCUT2D eigenvalue weighted by Crippen LogP contribution is -2.30. The van der Waals surface area contributed by atoms with E-state index >= 15 is 0 Å². The number of carbonyl (C=O) groups excluding carboxylic acids is 1. The predicted molar refractivity (Wildman–Crippen MR) is 65.0 cm³/mol. The van der Waals surface area contributed by atoms with Crippen LogP contribution in [0.3, 0.4) is 0 Å². The second kappa shape index (κ2) is 5.76. The van der Waals surface area contributed by atoms with Gasteiger partial charge in [0.25, 0.3) is 5.69 Å². The van der Waals surface area contributed by atoms with Gasteiger partial charge in [0.2, 0.25) is 10.0 Å². The number of sulfonamides is 1. The second-order valence-electron chi connectivity index (χ2n) is 3.61. The van der Waals surface area contributed by atoms with Gasteiger partial charge in [0.1, 0.15) is 6.54 Å². The molecule has 0 spiro atoms. The van der Waals surface area contributed by atoms with Crippen molar-refractivity contribution in [3.63, 3.8) is 0 Å². The maximum atomic E-state index is 11.8. The zero-order chi connectivity index (χ0) is 14.6. The van der Waals surface area contributed by atoms with Gasteiger partial charge in [-0.15, -0.1) is 0 Å². The second-order valence-corrected chi connectivity index (χ2v) is 5.37. The van der Waals surface area contributed by atoms with Crippen molar-refractivity contribution in [1.29, 1.82) is 0 Å². The Morgan fingerprint density at radius 1 is 1.47 bits per heavy atom. The number of hydrogen-bond acceptors (Lipinski definition) is 6. The van der Waals surface area contributed by atoms with Gasteiger partial charge in [-0.3, -0.25) is 14.9 Å².